The molecule has 3 amide bonds. The molecule has 0 heterocycles. The third-order valence-corrected chi connectivity index (χ3v) is 2.69. The Kier molecular flexibility index (Phi) is 7.91. The maximum atomic E-state index is 11.7. The van der Waals surface area contributed by atoms with E-state index in [0.29, 0.717) is 26.2 Å². The molecule has 0 saturated carbocycles. The Morgan fingerprint density at radius 2 is 1.50 bits per heavy atom. The molecule has 18 heavy (non-hydrogen) atoms. The molecule has 0 aromatic rings. The number of hydrogen-bond acceptors (Lipinski definition) is 3. The van der Waals surface area contributed by atoms with Crippen LogP contribution in [0.25, 0.3) is 0 Å². The van der Waals surface area contributed by atoms with Gasteiger partial charge in [0, 0.05) is 40.8 Å². The van der Waals surface area contributed by atoms with Crippen LogP contribution in [0, 0.1) is 0 Å². The van der Waals surface area contributed by atoms with Gasteiger partial charge in [-0.05, 0) is 20.3 Å². The highest BCUT2D eigenvalue weighted by atomic mass is 16.5. The normalized spacial score (nSPS) is 9.83. The number of hydrogen-bond donors (Lipinski definition) is 0. The first-order valence-electron chi connectivity index (χ1n) is 6.28. The average molecular weight is 259 g/mol. The summed E-state index contributed by atoms with van der Waals surface area (Å²) in [5, 5.41) is 0. The number of amides is 3. The van der Waals surface area contributed by atoms with Crippen molar-refractivity contribution in [2.75, 3.05) is 47.4 Å². The maximum Gasteiger partial charge on any atom is 0.409 e. The first kappa shape index (κ1) is 16.5. The highest BCUT2D eigenvalue weighted by molar-refractivity contribution is 5.73. The minimum absolute atomic E-state index is 0.00344. The van der Waals surface area contributed by atoms with Gasteiger partial charge >= 0.3 is 12.1 Å². The molecule has 0 atom stereocenters. The zero-order chi connectivity index (χ0) is 14.1. The van der Waals surface area contributed by atoms with E-state index in [2.05, 4.69) is 0 Å². The van der Waals surface area contributed by atoms with Crippen molar-refractivity contribution in [1.82, 2.24) is 14.7 Å². The molecule has 0 N–H and O–H groups in total. The van der Waals surface area contributed by atoms with E-state index in [1.165, 1.54) is 4.90 Å². The van der Waals surface area contributed by atoms with Gasteiger partial charge in [-0.1, -0.05) is 0 Å². The third kappa shape index (κ3) is 5.75. The van der Waals surface area contributed by atoms with Crippen molar-refractivity contribution < 1.29 is 14.3 Å². The van der Waals surface area contributed by atoms with E-state index < -0.39 is 0 Å². The Hall–Kier alpha value is -1.46. The van der Waals surface area contributed by atoms with Crippen LogP contribution in [0.15, 0.2) is 0 Å². The first-order valence-corrected chi connectivity index (χ1v) is 6.28. The molecule has 0 saturated heterocycles. The fraction of sp³-hybridized carbons (Fsp3) is 0.833. The van der Waals surface area contributed by atoms with E-state index in [9.17, 15) is 9.59 Å². The van der Waals surface area contributed by atoms with Gasteiger partial charge in [0.05, 0.1) is 6.61 Å². The number of carbonyl (C=O) groups is 2. The number of ether oxygens (including phenoxy) is 1. The zero-order valence-electron chi connectivity index (χ0n) is 12.1. The summed E-state index contributed by atoms with van der Waals surface area (Å²) in [4.78, 5) is 27.9. The molecule has 0 aliphatic rings. The smallest absolute Gasteiger partial charge is 0.409 e. The minimum atomic E-state index is -0.322. The molecular formula is C12H25N3O3. The van der Waals surface area contributed by atoms with E-state index in [1.807, 2.05) is 6.92 Å². The molecule has 0 aliphatic heterocycles. The van der Waals surface area contributed by atoms with Crippen LogP contribution >= 0.6 is 0 Å². The second-order valence-electron chi connectivity index (χ2n) is 4.19. The molecule has 106 valence electrons. The maximum absolute atomic E-state index is 11.7. The van der Waals surface area contributed by atoms with Crippen LogP contribution in [-0.4, -0.2) is 74.2 Å². The van der Waals surface area contributed by atoms with Crippen molar-refractivity contribution in [3.8, 4) is 0 Å². The molecule has 0 unspecified atom stereocenters. The first-order chi connectivity index (χ1) is 8.43. The van der Waals surface area contributed by atoms with E-state index in [4.69, 9.17) is 4.74 Å². The lowest BCUT2D eigenvalue weighted by Crippen LogP contribution is -2.40. The summed E-state index contributed by atoms with van der Waals surface area (Å²) in [5.74, 6) is 0. The van der Waals surface area contributed by atoms with Crippen LogP contribution < -0.4 is 0 Å². The SMILES string of the molecule is CCOC(=O)N(C)CCCN(C)C(=O)N(C)CC. The van der Waals surface area contributed by atoms with Gasteiger partial charge in [0.15, 0.2) is 0 Å². The molecule has 6 nitrogen and oxygen atoms in total. The molecule has 0 radical (unpaired) electrons. The predicted octanol–water partition coefficient (Wildman–Crippen LogP) is 1.47. The Morgan fingerprint density at radius 3 is 2.00 bits per heavy atom. The number of urea groups is 1. The summed E-state index contributed by atoms with van der Waals surface area (Å²) >= 11 is 0. The number of nitrogens with zero attached hydrogens (tertiary/aromatic N) is 3. The van der Waals surface area contributed by atoms with Gasteiger partial charge in [-0.2, -0.15) is 0 Å². The molecule has 0 spiro atoms. The van der Waals surface area contributed by atoms with E-state index in [1.54, 1.807) is 37.9 Å². The highest BCUT2D eigenvalue weighted by Crippen LogP contribution is 1.98. The van der Waals surface area contributed by atoms with Crippen molar-refractivity contribution >= 4 is 12.1 Å². The van der Waals surface area contributed by atoms with Gasteiger partial charge in [-0.3, -0.25) is 0 Å². The van der Waals surface area contributed by atoms with Crippen LogP contribution in [0.4, 0.5) is 9.59 Å². The lowest BCUT2D eigenvalue weighted by atomic mass is 10.4. The van der Waals surface area contributed by atoms with Gasteiger partial charge in [-0.15, -0.1) is 0 Å². The molecule has 0 aromatic heterocycles. The molecule has 0 aliphatic carbocycles. The van der Waals surface area contributed by atoms with E-state index in [0.717, 1.165) is 6.42 Å². The Balaban J connectivity index is 3.90. The molecule has 0 bridgehead atoms. The lowest BCUT2D eigenvalue weighted by Gasteiger charge is -2.24. The summed E-state index contributed by atoms with van der Waals surface area (Å²) in [6.45, 7) is 5.97. The predicted molar refractivity (Wildman–Crippen MR) is 70.6 cm³/mol. The van der Waals surface area contributed by atoms with Gasteiger partial charge in [0.1, 0.15) is 0 Å². The molecular weight excluding hydrogens is 234 g/mol. The standard InChI is InChI=1S/C12H25N3O3/c1-6-13(3)11(16)14(4)9-8-10-15(5)12(17)18-7-2/h6-10H2,1-5H3. The van der Waals surface area contributed by atoms with Crippen LogP contribution in [0.5, 0.6) is 0 Å². The van der Waals surface area contributed by atoms with Gasteiger partial charge in [-0.25, -0.2) is 9.59 Å². The van der Waals surface area contributed by atoms with Gasteiger partial charge < -0.3 is 19.4 Å². The molecule has 0 rings (SSSR count). The Bertz CT molecular complexity index is 271. The van der Waals surface area contributed by atoms with Crippen molar-refractivity contribution in [3.05, 3.63) is 0 Å². The number of carbonyl (C=O) groups excluding carboxylic acids is 2. The lowest BCUT2D eigenvalue weighted by molar-refractivity contribution is 0.114. The molecule has 0 aromatic carbocycles. The van der Waals surface area contributed by atoms with Crippen molar-refractivity contribution in [1.29, 1.82) is 0 Å². The van der Waals surface area contributed by atoms with Crippen molar-refractivity contribution in [3.63, 3.8) is 0 Å². The molecule has 0 fully saturated rings. The van der Waals surface area contributed by atoms with Crippen molar-refractivity contribution in [2.24, 2.45) is 0 Å². The zero-order valence-corrected chi connectivity index (χ0v) is 12.1. The fourth-order valence-corrected chi connectivity index (χ4v) is 1.39. The second kappa shape index (κ2) is 8.60. The monoisotopic (exact) mass is 259 g/mol. The topological polar surface area (TPSA) is 53.1 Å². The quantitative estimate of drug-likeness (QED) is 0.726. The van der Waals surface area contributed by atoms with E-state index in [-0.39, 0.29) is 12.1 Å². The minimum Gasteiger partial charge on any atom is -0.450 e. The largest absolute Gasteiger partial charge is 0.450 e. The van der Waals surface area contributed by atoms with Gasteiger partial charge in [0.25, 0.3) is 0 Å². The van der Waals surface area contributed by atoms with Crippen LogP contribution in [0.1, 0.15) is 20.3 Å². The summed E-state index contributed by atoms with van der Waals surface area (Å²) < 4.78 is 4.86. The van der Waals surface area contributed by atoms with Crippen LogP contribution in [0.3, 0.4) is 0 Å². The second-order valence-corrected chi connectivity index (χ2v) is 4.19. The average Bonchev–Trinajstić information content (AvgIpc) is 2.36. The highest BCUT2D eigenvalue weighted by Gasteiger charge is 2.13. The van der Waals surface area contributed by atoms with Crippen molar-refractivity contribution in [2.45, 2.75) is 20.3 Å². The fourth-order valence-electron chi connectivity index (χ4n) is 1.39. The van der Waals surface area contributed by atoms with Crippen LogP contribution in [-0.2, 0) is 4.74 Å². The number of rotatable bonds is 6. The summed E-state index contributed by atoms with van der Waals surface area (Å²) in [6, 6.07) is -0.00344. The Labute approximate surface area is 109 Å². The summed E-state index contributed by atoms with van der Waals surface area (Å²) in [5.41, 5.74) is 0. The summed E-state index contributed by atoms with van der Waals surface area (Å²) in [6.07, 6.45) is 0.409. The molecule has 6 heteroatoms. The van der Waals surface area contributed by atoms with Crippen LogP contribution in [0.2, 0.25) is 0 Å². The van der Waals surface area contributed by atoms with E-state index >= 15 is 0 Å². The Morgan fingerprint density at radius 1 is 0.944 bits per heavy atom. The summed E-state index contributed by atoms with van der Waals surface area (Å²) in [7, 11) is 5.22. The third-order valence-electron chi connectivity index (χ3n) is 2.69. The van der Waals surface area contributed by atoms with Gasteiger partial charge in [0.2, 0.25) is 0 Å².